The molecule has 1 unspecified atom stereocenters. The highest BCUT2D eigenvalue weighted by Gasteiger charge is 2.21. The molecule has 10 heteroatoms. The molecule has 28 heavy (non-hydrogen) atoms. The van der Waals surface area contributed by atoms with E-state index in [9.17, 15) is 24.8 Å². The molecule has 2 aromatic carbocycles. The molecule has 2 aromatic rings. The zero-order valence-corrected chi connectivity index (χ0v) is 15.1. The molecule has 2 amide bonds. The molecule has 0 aliphatic rings. The summed E-state index contributed by atoms with van der Waals surface area (Å²) < 4.78 is 5.02. The van der Waals surface area contributed by atoms with E-state index in [1.165, 1.54) is 26.3 Å². The fourth-order valence-electron chi connectivity index (χ4n) is 2.08. The number of nitro benzene ring substituents is 1. The summed E-state index contributed by atoms with van der Waals surface area (Å²) in [5.41, 5.74) is 2.51. The number of benzene rings is 2. The lowest BCUT2D eigenvalue weighted by Gasteiger charge is -2.11. The van der Waals surface area contributed by atoms with Crippen molar-refractivity contribution in [2.75, 3.05) is 12.4 Å². The molecule has 0 aliphatic heterocycles. The number of phenolic OH excluding ortho intramolecular Hbond substituents is 1. The first-order valence-corrected chi connectivity index (χ1v) is 8.07. The number of aromatic hydroxyl groups is 1. The van der Waals surface area contributed by atoms with Gasteiger partial charge in [0.15, 0.2) is 5.75 Å². The highest BCUT2D eigenvalue weighted by atomic mass is 16.6. The molecule has 146 valence electrons. The molecule has 1 atom stereocenters. The molecule has 3 N–H and O–H groups in total. The Morgan fingerprint density at radius 2 is 1.89 bits per heavy atom. The van der Waals surface area contributed by atoms with Crippen molar-refractivity contribution in [1.29, 1.82) is 0 Å². The number of nitro groups is 1. The van der Waals surface area contributed by atoms with Crippen LogP contribution in [0.4, 0.5) is 11.4 Å². The number of methoxy groups -OCH3 is 1. The first-order valence-electron chi connectivity index (χ1n) is 8.07. The van der Waals surface area contributed by atoms with E-state index >= 15 is 0 Å². The average Bonchev–Trinajstić information content (AvgIpc) is 2.68. The minimum atomic E-state index is -1.03. The van der Waals surface area contributed by atoms with Crippen molar-refractivity contribution >= 4 is 29.4 Å². The van der Waals surface area contributed by atoms with Crippen molar-refractivity contribution in [2.45, 2.75) is 6.92 Å². The van der Waals surface area contributed by atoms with Crippen molar-refractivity contribution in [2.24, 2.45) is 11.0 Å². The van der Waals surface area contributed by atoms with Gasteiger partial charge >= 0.3 is 5.69 Å². The van der Waals surface area contributed by atoms with Gasteiger partial charge in [0.05, 0.1) is 18.2 Å². The monoisotopic (exact) mass is 386 g/mol. The van der Waals surface area contributed by atoms with Gasteiger partial charge in [0.2, 0.25) is 5.91 Å². The molecule has 0 heterocycles. The summed E-state index contributed by atoms with van der Waals surface area (Å²) in [4.78, 5) is 34.2. The Bertz CT molecular complexity index is 911. The lowest BCUT2D eigenvalue weighted by atomic mass is 10.1. The second-order valence-electron chi connectivity index (χ2n) is 5.68. The second kappa shape index (κ2) is 9.12. The van der Waals surface area contributed by atoms with Gasteiger partial charge in [-0.1, -0.05) is 0 Å². The number of anilines is 1. The number of nitrogens with one attached hydrogen (secondary N) is 2. The van der Waals surface area contributed by atoms with Crippen LogP contribution in [0.2, 0.25) is 0 Å². The van der Waals surface area contributed by atoms with Crippen molar-refractivity contribution in [3.63, 3.8) is 0 Å². The standard InChI is InChI=1S/C18H18N4O6/c1-11(17(24)20-13-4-6-14(28-2)7-5-13)18(25)21-19-10-12-3-8-16(23)15(9-12)22(26)27/h3-11,23H,1-2H3,(H,20,24)(H,21,25). The first kappa shape index (κ1) is 20.4. The number of ether oxygens (including phenoxy) is 1. The number of carbonyl (C=O) groups excluding carboxylic acids is 2. The highest BCUT2D eigenvalue weighted by molar-refractivity contribution is 6.06. The molecule has 0 aliphatic carbocycles. The van der Waals surface area contributed by atoms with Crippen LogP contribution in [0.15, 0.2) is 47.6 Å². The summed E-state index contributed by atoms with van der Waals surface area (Å²) in [5, 5.41) is 26.5. The van der Waals surface area contributed by atoms with Gasteiger partial charge in [0.25, 0.3) is 5.91 Å². The maximum Gasteiger partial charge on any atom is 0.311 e. The SMILES string of the molecule is COc1ccc(NC(=O)C(C)C(=O)NN=Cc2ccc(O)c([N+](=O)[O-])c2)cc1. The summed E-state index contributed by atoms with van der Waals surface area (Å²) in [5.74, 6) is -2.07. The number of rotatable bonds is 7. The fraction of sp³-hybridized carbons (Fsp3) is 0.167. The van der Waals surface area contributed by atoms with Gasteiger partial charge < -0.3 is 15.2 Å². The number of hydrogen-bond donors (Lipinski definition) is 3. The van der Waals surface area contributed by atoms with Gasteiger partial charge in [-0.3, -0.25) is 19.7 Å². The Morgan fingerprint density at radius 3 is 2.50 bits per heavy atom. The predicted molar refractivity (Wildman–Crippen MR) is 101 cm³/mol. The summed E-state index contributed by atoms with van der Waals surface area (Å²) in [6.07, 6.45) is 1.17. The summed E-state index contributed by atoms with van der Waals surface area (Å²) in [6.45, 7) is 1.41. The lowest BCUT2D eigenvalue weighted by molar-refractivity contribution is -0.385. The minimum Gasteiger partial charge on any atom is -0.502 e. The topological polar surface area (TPSA) is 143 Å². The van der Waals surface area contributed by atoms with E-state index < -0.39 is 34.1 Å². The summed E-state index contributed by atoms with van der Waals surface area (Å²) in [7, 11) is 1.52. The summed E-state index contributed by atoms with van der Waals surface area (Å²) >= 11 is 0. The van der Waals surface area contributed by atoms with Crippen LogP contribution in [0.1, 0.15) is 12.5 Å². The van der Waals surface area contributed by atoms with Gasteiger partial charge in [0.1, 0.15) is 11.7 Å². The molecule has 0 spiro atoms. The van der Waals surface area contributed by atoms with E-state index in [2.05, 4.69) is 15.8 Å². The molecule has 0 saturated heterocycles. The Kier molecular flexibility index (Phi) is 6.63. The largest absolute Gasteiger partial charge is 0.502 e. The van der Waals surface area contributed by atoms with Crippen LogP contribution in [-0.2, 0) is 9.59 Å². The van der Waals surface area contributed by atoms with Crippen molar-refractivity contribution in [3.8, 4) is 11.5 Å². The minimum absolute atomic E-state index is 0.292. The third-order valence-corrected chi connectivity index (χ3v) is 3.73. The number of nitrogens with zero attached hydrogens (tertiary/aromatic N) is 2. The van der Waals surface area contributed by atoms with Crippen LogP contribution in [0.3, 0.4) is 0 Å². The van der Waals surface area contributed by atoms with Gasteiger partial charge in [0, 0.05) is 17.3 Å². The Morgan fingerprint density at radius 1 is 1.21 bits per heavy atom. The van der Waals surface area contributed by atoms with Crippen LogP contribution in [-0.4, -0.2) is 35.2 Å². The van der Waals surface area contributed by atoms with Gasteiger partial charge in [-0.05, 0) is 43.3 Å². The Balaban J connectivity index is 1.94. The zero-order chi connectivity index (χ0) is 20.7. The molecule has 0 fully saturated rings. The number of phenols is 1. The van der Waals surface area contributed by atoms with Crippen LogP contribution in [0, 0.1) is 16.0 Å². The van der Waals surface area contributed by atoms with Crippen LogP contribution >= 0.6 is 0 Å². The molecule has 10 nitrogen and oxygen atoms in total. The molecule has 0 saturated carbocycles. The van der Waals surface area contributed by atoms with Gasteiger partial charge in [-0.2, -0.15) is 5.10 Å². The molecule has 0 aromatic heterocycles. The van der Waals surface area contributed by atoms with E-state index in [1.54, 1.807) is 24.3 Å². The van der Waals surface area contributed by atoms with Gasteiger partial charge in [-0.15, -0.1) is 0 Å². The quantitative estimate of drug-likeness (QED) is 0.287. The Labute approximate surface area is 160 Å². The maximum absolute atomic E-state index is 12.1. The van der Waals surface area contributed by atoms with Crippen LogP contribution in [0.25, 0.3) is 0 Å². The highest BCUT2D eigenvalue weighted by Crippen LogP contribution is 2.25. The lowest BCUT2D eigenvalue weighted by Crippen LogP contribution is -2.34. The normalized spacial score (nSPS) is 11.6. The fourth-order valence-corrected chi connectivity index (χ4v) is 2.08. The van der Waals surface area contributed by atoms with Crippen molar-refractivity contribution < 1.29 is 24.4 Å². The molecular formula is C18H18N4O6. The Hall–Kier alpha value is -3.95. The third kappa shape index (κ3) is 5.27. The molecule has 0 radical (unpaired) electrons. The molecule has 2 rings (SSSR count). The number of carbonyl (C=O) groups is 2. The molecule has 0 bridgehead atoms. The van der Waals surface area contributed by atoms with Crippen LogP contribution in [0.5, 0.6) is 11.5 Å². The van der Waals surface area contributed by atoms with E-state index in [-0.39, 0.29) is 0 Å². The zero-order valence-electron chi connectivity index (χ0n) is 15.1. The number of hydrazone groups is 1. The number of amides is 2. The van der Waals surface area contributed by atoms with E-state index in [4.69, 9.17) is 4.74 Å². The predicted octanol–water partition coefficient (Wildman–Crippen LogP) is 2.03. The van der Waals surface area contributed by atoms with Crippen molar-refractivity contribution in [3.05, 3.63) is 58.1 Å². The smallest absolute Gasteiger partial charge is 0.311 e. The van der Waals surface area contributed by atoms with Gasteiger partial charge in [-0.25, -0.2) is 5.43 Å². The second-order valence-corrected chi connectivity index (χ2v) is 5.68. The molecular weight excluding hydrogens is 368 g/mol. The third-order valence-electron chi connectivity index (χ3n) is 3.73. The van der Waals surface area contributed by atoms with E-state index in [0.29, 0.717) is 17.0 Å². The van der Waals surface area contributed by atoms with Crippen molar-refractivity contribution in [1.82, 2.24) is 5.43 Å². The van der Waals surface area contributed by atoms with Crippen LogP contribution < -0.4 is 15.5 Å². The first-order chi connectivity index (χ1) is 13.3. The number of hydrogen-bond acceptors (Lipinski definition) is 7. The maximum atomic E-state index is 12.1. The van der Waals surface area contributed by atoms with E-state index in [0.717, 1.165) is 12.1 Å². The summed E-state index contributed by atoms with van der Waals surface area (Å²) in [6, 6.07) is 10.2. The average molecular weight is 386 g/mol. The van der Waals surface area contributed by atoms with E-state index in [1.807, 2.05) is 0 Å².